The van der Waals surface area contributed by atoms with Gasteiger partial charge in [-0.2, -0.15) is 0 Å². The van der Waals surface area contributed by atoms with Gasteiger partial charge in [0.2, 0.25) is 5.91 Å². The van der Waals surface area contributed by atoms with Crippen molar-refractivity contribution < 1.29 is 4.79 Å². The van der Waals surface area contributed by atoms with E-state index in [-0.39, 0.29) is 18.0 Å². The molecule has 1 aromatic heterocycles. The van der Waals surface area contributed by atoms with E-state index in [2.05, 4.69) is 25.4 Å². The van der Waals surface area contributed by atoms with Gasteiger partial charge in [-0.15, -0.1) is 0 Å². The standard InChI is InChI=1S/C22H36N6O/c1-24-21-18(11-12-25-21)20(23)27-13-5-9-17(15-27)28-14-6-10-19(22(28)29)26-16-7-3-2-4-8-16/h11-12,16-17,19,23-26H,2-10,13-15H2,1H3/t17-,19?/m1/s1. The second-order valence-electron chi connectivity index (χ2n) is 8.84. The third-order valence-corrected chi connectivity index (χ3v) is 6.92. The van der Waals surface area contributed by atoms with E-state index in [1.807, 2.05) is 19.3 Å². The molecule has 7 nitrogen and oxygen atoms in total. The highest BCUT2D eigenvalue weighted by Gasteiger charge is 2.36. The molecule has 0 bridgehead atoms. The van der Waals surface area contributed by atoms with Gasteiger partial charge >= 0.3 is 0 Å². The van der Waals surface area contributed by atoms with E-state index in [9.17, 15) is 4.79 Å². The van der Waals surface area contributed by atoms with Gasteiger partial charge in [-0.1, -0.05) is 19.3 Å². The van der Waals surface area contributed by atoms with Crippen LogP contribution in [0.25, 0.3) is 0 Å². The van der Waals surface area contributed by atoms with Gasteiger partial charge in [-0.05, 0) is 44.6 Å². The summed E-state index contributed by atoms with van der Waals surface area (Å²) in [5.41, 5.74) is 0.898. The van der Waals surface area contributed by atoms with E-state index < -0.39 is 0 Å². The van der Waals surface area contributed by atoms with Crippen LogP contribution in [0.4, 0.5) is 5.82 Å². The number of H-pyrrole nitrogens is 1. The molecule has 2 atom stereocenters. The first-order valence-electron chi connectivity index (χ1n) is 11.4. The molecule has 3 heterocycles. The van der Waals surface area contributed by atoms with Crippen molar-refractivity contribution in [2.75, 3.05) is 32.0 Å². The second kappa shape index (κ2) is 9.20. The molecule has 2 saturated heterocycles. The van der Waals surface area contributed by atoms with Gasteiger partial charge in [-0.25, -0.2) is 0 Å². The maximum absolute atomic E-state index is 13.3. The number of hydrogen-bond donors (Lipinski definition) is 4. The first-order chi connectivity index (χ1) is 14.2. The molecule has 0 radical (unpaired) electrons. The van der Waals surface area contributed by atoms with Crippen LogP contribution in [0.5, 0.6) is 0 Å². The Morgan fingerprint density at radius 1 is 1.10 bits per heavy atom. The van der Waals surface area contributed by atoms with Gasteiger partial charge in [0.15, 0.2) is 0 Å². The Morgan fingerprint density at radius 3 is 2.69 bits per heavy atom. The Morgan fingerprint density at radius 2 is 1.90 bits per heavy atom. The van der Waals surface area contributed by atoms with Crippen LogP contribution in [-0.2, 0) is 4.79 Å². The molecule has 3 aliphatic rings. The maximum atomic E-state index is 13.3. The van der Waals surface area contributed by atoms with Crippen molar-refractivity contribution in [2.24, 2.45) is 0 Å². The molecule has 1 unspecified atom stereocenters. The lowest BCUT2D eigenvalue weighted by Gasteiger charge is -2.44. The van der Waals surface area contributed by atoms with Crippen molar-refractivity contribution in [3.63, 3.8) is 0 Å². The molecule has 4 rings (SSSR count). The van der Waals surface area contributed by atoms with Gasteiger partial charge in [0.05, 0.1) is 11.6 Å². The fourth-order valence-electron chi connectivity index (χ4n) is 5.33. The van der Waals surface area contributed by atoms with Crippen LogP contribution in [0, 0.1) is 5.41 Å². The second-order valence-corrected chi connectivity index (χ2v) is 8.84. The fourth-order valence-corrected chi connectivity index (χ4v) is 5.33. The molecule has 3 fully saturated rings. The summed E-state index contributed by atoms with van der Waals surface area (Å²) < 4.78 is 0. The van der Waals surface area contributed by atoms with Gasteiger partial charge in [0.25, 0.3) is 0 Å². The lowest BCUT2D eigenvalue weighted by molar-refractivity contribution is -0.139. The summed E-state index contributed by atoms with van der Waals surface area (Å²) in [7, 11) is 1.87. The molecule has 1 aromatic rings. The van der Waals surface area contributed by atoms with E-state index in [0.717, 1.165) is 56.7 Å². The van der Waals surface area contributed by atoms with Crippen molar-refractivity contribution in [3.05, 3.63) is 17.8 Å². The number of rotatable bonds is 5. The summed E-state index contributed by atoms with van der Waals surface area (Å²) >= 11 is 0. The highest BCUT2D eigenvalue weighted by molar-refractivity contribution is 6.01. The topological polar surface area (TPSA) is 87.2 Å². The summed E-state index contributed by atoms with van der Waals surface area (Å²) in [5, 5.41) is 15.5. The number of nitrogens with zero attached hydrogens (tertiary/aromatic N) is 2. The predicted molar refractivity (Wildman–Crippen MR) is 117 cm³/mol. The third kappa shape index (κ3) is 4.44. The molecule has 29 heavy (non-hydrogen) atoms. The molecule has 1 saturated carbocycles. The molecular weight excluding hydrogens is 364 g/mol. The molecule has 7 heteroatoms. The molecule has 1 amide bonds. The van der Waals surface area contributed by atoms with E-state index >= 15 is 0 Å². The molecule has 4 N–H and O–H groups in total. The molecule has 1 aliphatic carbocycles. The number of piperidine rings is 2. The minimum atomic E-state index is -0.0118. The van der Waals surface area contributed by atoms with E-state index in [0.29, 0.717) is 11.9 Å². The number of aromatic nitrogens is 1. The Bertz CT molecular complexity index is 710. The van der Waals surface area contributed by atoms with Gasteiger partial charge in [0, 0.05) is 45.0 Å². The zero-order chi connectivity index (χ0) is 20.2. The van der Waals surface area contributed by atoms with E-state index in [1.165, 1.54) is 32.1 Å². The average molecular weight is 401 g/mol. The third-order valence-electron chi connectivity index (χ3n) is 6.92. The smallest absolute Gasteiger partial charge is 0.240 e. The Kier molecular flexibility index (Phi) is 6.43. The van der Waals surface area contributed by atoms with Crippen LogP contribution in [0.15, 0.2) is 12.3 Å². The summed E-state index contributed by atoms with van der Waals surface area (Å²) in [4.78, 5) is 20.7. The molecule has 160 valence electrons. The summed E-state index contributed by atoms with van der Waals surface area (Å²) in [6.45, 7) is 2.50. The number of carbonyl (C=O) groups excluding carboxylic acids is 1. The van der Waals surface area contributed by atoms with Crippen molar-refractivity contribution in [1.82, 2.24) is 20.1 Å². The number of aromatic amines is 1. The number of anilines is 1. The van der Waals surface area contributed by atoms with Crippen LogP contribution in [0.1, 0.15) is 63.4 Å². The van der Waals surface area contributed by atoms with Crippen LogP contribution in [-0.4, -0.2) is 71.3 Å². The number of hydrogen-bond acceptors (Lipinski definition) is 4. The Labute approximate surface area is 174 Å². The van der Waals surface area contributed by atoms with Crippen molar-refractivity contribution in [3.8, 4) is 0 Å². The number of nitrogens with one attached hydrogen (secondary N) is 4. The highest BCUT2D eigenvalue weighted by Crippen LogP contribution is 2.25. The summed E-state index contributed by atoms with van der Waals surface area (Å²) in [6, 6.07) is 2.67. The highest BCUT2D eigenvalue weighted by atomic mass is 16.2. The van der Waals surface area contributed by atoms with Gasteiger partial charge < -0.3 is 25.4 Å². The predicted octanol–water partition coefficient (Wildman–Crippen LogP) is 2.76. The van der Waals surface area contributed by atoms with Crippen molar-refractivity contribution in [1.29, 1.82) is 5.41 Å². The summed E-state index contributed by atoms with van der Waals surface area (Å²) in [5.74, 6) is 1.71. The number of likely N-dealkylation sites (tertiary alicyclic amines) is 2. The molecule has 0 aromatic carbocycles. The number of amides is 1. The molecule has 2 aliphatic heterocycles. The fraction of sp³-hybridized carbons (Fsp3) is 0.727. The number of carbonyl (C=O) groups is 1. The summed E-state index contributed by atoms with van der Waals surface area (Å²) in [6.07, 6.45) is 12.3. The van der Waals surface area contributed by atoms with Gasteiger partial charge in [-0.3, -0.25) is 10.2 Å². The largest absolute Gasteiger partial charge is 0.374 e. The van der Waals surface area contributed by atoms with Gasteiger partial charge in [0.1, 0.15) is 11.7 Å². The maximum Gasteiger partial charge on any atom is 0.240 e. The quantitative estimate of drug-likeness (QED) is 0.452. The van der Waals surface area contributed by atoms with Crippen LogP contribution in [0.3, 0.4) is 0 Å². The van der Waals surface area contributed by atoms with Crippen LogP contribution in [0.2, 0.25) is 0 Å². The minimum absolute atomic E-state index is 0.0118. The van der Waals surface area contributed by atoms with Crippen LogP contribution < -0.4 is 10.6 Å². The van der Waals surface area contributed by atoms with Crippen molar-refractivity contribution in [2.45, 2.75) is 75.9 Å². The van der Waals surface area contributed by atoms with Crippen molar-refractivity contribution >= 4 is 17.6 Å². The first kappa shape index (κ1) is 20.3. The normalized spacial score (nSPS) is 26.6. The zero-order valence-electron chi connectivity index (χ0n) is 17.7. The van der Waals surface area contributed by atoms with E-state index in [1.54, 1.807) is 0 Å². The monoisotopic (exact) mass is 400 g/mol. The lowest BCUT2D eigenvalue weighted by atomic mass is 9.92. The Hall–Kier alpha value is -2.02. The lowest BCUT2D eigenvalue weighted by Crippen LogP contribution is -2.59. The first-order valence-corrected chi connectivity index (χ1v) is 11.4. The van der Waals surface area contributed by atoms with Crippen LogP contribution >= 0.6 is 0 Å². The number of amidine groups is 1. The minimum Gasteiger partial charge on any atom is -0.374 e. The zero-order valence-corrected chi connectivity index (χ0v) is 17.7. The van der Waals surface area contributed by atoms with E-state index in [4.69, 9.17) is 5.41 Å². The average Bonchev–Trinajstić information content (AvgIpc) is 3.24. The molecular formula is C22H36N6O. The SMILES string of the molecule is CNc1[nH]ccc1C(=N)N1CCC[C@@H](N2CCCC(NC3CCCCC3)C2=O)C1. The molecule has 0 spiro atoms. The Balaban J connectivity index is 1.39.